The van der Waals surface area contributed by atoms with Crippen molar-refractivity contribution in [3.05, 3.63) is 16.9 Å². The van der Waals surface area contributed by atoms with Crippen LogP contribution in [-0.2, 0) is 9.57 Å². The summed E-state index contributed by atoms with van der Waals surface area (Å²) in [6, 6.07) is 0. The molecule has 0 spiro atoms. The minimum absolute atomic E-state index is 0.375. The average molecular weight is 188 g/mol. The Morgan fingerprint density at radius 1 is 1.50 bits per heavy atom. The van der Waals surface area contributed by atoms with Crippen molar-refractivity contribution in [3.63, 3.8) is 0 Å². The molecular formula is C6H6ClN3O2. The molecule has 0 aromatic carbocycles. The third kappa shape index (κ3) is 1.23. The van der Waals surface area contributed by atoms with E-state index in [1.165, 1.54) is 6.20 Å². The molecule has 5 nitrogen and oxygen atoms in total. The molecule has 0 bridgehead atoms. The molecule has 2 rings (SSSR count). The maximum absolute atomic E-state index is 5.74. The highest BCUT2D eigenvalue weighted by Crippen LogP contribution is 2.14. The number of nitrogens with zero attached hydrogens (tertiary/aromatic N) is 2. The number of ether oxygens (including phenoxy) is 1. The van der Waals surface area contributed by atoms with Gasteiger partial charge in [-0.1, -0.05) is 11.6 Å². The molecule has 0 aliphatic carbocycles. The highest BCUT2D eigenvalue weighted by molar-refractivity contribution is 6.32. The fourth-order valence-corrected chi connectivity index (χ4v) is 1.03. The van der Waals surface area contributed by atoms with Crippen LogP contribution in [-0.4, -0.2) is 29.3 Å². The number of nitrogens with one attached hydrogen (secondary N) is 1. The summed E-state index contributed by atoms with van der Waals surface area (Å²) in [6.45, 7) is 0.958. The van der Waals surface area contributed by atoms with Crippen LogP contribution < -0.4 is 0 Å². The Balaban J connectivity index is 2.29. The number of halogens is 1. The first-order valence-corrected chi connectivity index (χ1v) is 3.78. The minimum Gasteiger partial charge on any atom is -0.471 e. The number of H-pyrrole nitrogens is 1. The minimum atomic E-state index is 0.375. The van der Waals surface area contributed by atoms with Crippen molar-refractivity contribution in [1.82, 2.24) is 10.2 Å². The normalized spacial score (nSPS) is 16.2. The molecule has 0 saturated carbocycles. The number of aromatic amines is 1. The summed E-state index contributed by atoms with van der Waals surface area (Å²) in [5.41, 5.74) is 0.622. The van der Waals surface area contributed by atoms with E-state index >= 15 is 0 Å². The second-order valence-corrected chi connectivity index (χ2v) is 2.55. The molecule has 0 saturated heterocycles. The van der Waals surface area contributed by atoms with Crippen molar-refractivity contribution < 1.29 is 9.57 Å². The van der Waals surface area contributed by atoms with Gasteiger partial charge in [-0.15, -0.1) is 0 Å². The molecule has 0 fully saturated rings. The second-order valence-electron chi connectivity index (χ2n) is 2.18. The Morgan fingerprint density at radius 2 is 2.42 bits per heavy atom. The lowest BCUT2D eigenvalue weighted by Crippen LogP contribution is -2.16. The first-order chi connectivity index (χ1) is 5.88. The zero-order valence-corrected chi connectivity index (χ0v) is 6.84. The van der Waals surface area contributed by atoms with Crippen LogP contribution in [0, 0.1) is 0 Å². The first kappa shape index (κ1) is 7.42. The quantitative estimate of drug-likeness (QED) is 0.707. The van der Waals surface area contributed by atoms with Crippen LogP contribution in [0.15, 0.2) is 11.4 Å². The molecule has 6 heteroatoms. The third-order valence-corrected chi connectivity index (χ3v) is 1.67. The summed E-state index contributed by atoms with van der Waals surface area (Å²) >= 11 is 5.74. The van der Waals surface area contributed by atoms with Crippen LogP contribution in [0.25, 0.3) is 0 Å². The molecule has 1 aliphatic heterocycles. The summed E-state index contributed by atoms with van der Waals surface area (Å²) < 4.78 is 5.18. The maximum Gasteiger partial charge on any atom is 0.262 e. The van der Waals surface area contributed by atoms with Gasteiger partial charge in [-0.2, -0.15) is 5.10 Å². The van der Waals surface area contributed by atoms with Gasteiger partial charge in [0.05, 0.1) is 11.8 Å². The van der Waals surface area contributed by atoms with Crippen LogP contribution in [0.5, 0.6) is 0 Å². The van der Waals surface area contributed by atoms with Crippen LogP contribution in [0.1, 0.15) is 5.56 Å². The molecule has 0 unspecified atom stereocenters. The second kappa shape index (κ2) is 3.02. The van der Waals surface area contributed by atoms with Gasteiger partial charge in [0.15, 0.2) is 6.61 Å². The Labute approximate surface area is 73.3 Å². The molecule has 1 N–H and O–H groups in total. The van der Waals surface area contributed by atoms with Gasteiger partial charge in [0, 0.05) is 0 Å². The summed E-state index contributed by atoms with van der Waals surface area (Å²) in [7, 11) is 0. The SMILES string of the molecule is Clc1[nH]ncc1C1=NOCCO1. The molecule has 1 aliphatic rings. The van der Waals surface area contributed by atoms with Crippen molar-refractivity contribution >= 4 is 17.5 Å². The van der Waals surface area contributed by atoms with Gasteiger partial charge < -0.3 is 9.57 Å². The van der Waals surface area contributed by atoms with Crippen LogP contribution in [0.4, 0.5) is 0 Å². The van der Waals surface area contributed by atoms with E-state index in [0.717, 1.165) is 0 Å². The summed E-state index contributed by atoms with van der Waals surface area (Å²) in [5.74, 6) is 0.375. The van der Waals surface area contributed by atoms with Gasteiger partial charge in [-0.3, -0.25) is 5.10 Å². The average Bonchev–Trinajstić information content (AvgIpc) is 2.53. The van der Waals surface area contributed by atoms with Gasteiger partial charge >= 0.3 is 0 Å². The topological polar surface area (TPSA) is 59.5 Å². The molecule has 64 valence electrons. The maximum atomic E-state index is 5.74. The number of oxime groups is 1. The van der Waals surface area contributed by atoms with Crippen LogP contribution >= 0.6 is 11.6 Å². The number of rotatable bonds is 1. The smallest absolute Gasteiger partial charge is 0.262 e. The molecule has 0 radical (unpaired) electrons. The van der Waals surface area contributed by atoms with E-state index in [9.17, 15) is 0 Å². The van der Waals surface area contributed by atoms with Crippen molar-refractivity contribution in [2.45, 2.75) is 0 Å². The van der Waals surface area contributed by atoms with Crippen molar-refractivity contribution in [3.8, 4) is 0 Å². The molecule has 2 heterocycles. The van der Waals surface area contributed by atoms with E-state index in [1.807, 2.05) is 0 Å². The van der Waals surface area contributed by atoms with Gasteiger partial charge in [0.2, 0.25) is 0 Å². The Bertz CT molecular complexity index is 309. The van der Waals surface area contributed by atoms with Crippen LogP contribution in [0.3, 0.4) is 0 Å². The summed E-state index contributed by atoms with van der Waals surface area (Å²) in [4.78, 5) is 4.82. The van der Waals surface area contributed by atoms with Gasteiger partial charge in [-0.05, 0) is 5.16 Å². The number of hydrogen-bond acceptors (Lipinski definition) is 4. The largest absolute Gasteiger partial charge is 0.471 e. The van der Waals surface area contributed by atoms with E-state index in [0.29, 0.717) is 29.8 Å². The lowest BCUT2D eigenvalue weighted by atomic mass is 10.3. The zero-order chi connectivity index (χ0) is 8.39. The standard InChI is InChI=1S/C6H6ClN3O2/c7-5-4(3-8-9-5)6-10-12-2-1-11-6/h3H,1-2H2,(H,8,9). The monoisotopic (exact) mass is 187 g/mol. The summed E-state index contributed by atoms with van der Waals surface area (Å²) in [6.07, 6.45) is 1.54. The lowest BCUT2D eigenvalue weighted by Gasteiger charge is -2.11. The van der Waals surface area contributed by atoms with Crippen LogP contribution in [0.2, 0.25) is 5.15 Å². The Hall–Kier alpha value is -1.23. The molecule has 1 aromatic rings. The van der Waals surface area contributed by atoms with Gasteiger partial charge in [0.1, 0.15) is 11.8 Å². The van der Waals surface area contributed by atoms with E-state index in [-0.39, 0.29) is 0 Å². The Morgan fingerprint density at radius 3 is 3.00 bits per heavy atom. The fraction of sp³-hybridized carbons (Fsp3) is 0.333. The van der Waals surface area contributed by atoms with Crippen molar-refractivity contribution in [2.24, 2.45) is 5.16 Å². The predicted molar refractivity (Wildman–Crippen MR) is 42.0 cm³/mol. The number of aromatic nitrogens is 2. The first-order valence-electron chi connectivity index (χ1n) is 3.40. The van der Waals surface area contributed by atoms with Gasteiger partial charge in [-0.25, -0.2) is 0 Å². The highest BCUT2D eigenvalue weighted by atomic mass is 35.5. The molecule has 12 heavy (non-hydrogen) atoms. The van der Waals surface area contributed by atoms with Gasteiger partial charge in [0.25, 0.3) is 5.90 Å². The lowest BCUT2D eigenvalue weighted by molar-refractivity contribution is 0.0655. The molecule has 0 amide bonds. The summed E-state index contributed by atoms with van der Waals surface area (Å²) in [5, 5.41) is 10.4. The van der Waals surface area contributed by atoms with Crippen molar-refractivity contribution in [2.75, 3.05) is 13.2 Å². The highest BCUT2D eigenvalue weighted by Gasteiger charge is 2.15. The van der Waals surface area contributed by atoms with E-state index in [4.69, 9.17) is 21.2 Å². The van der Waals surface area contributed by atoms with E-state index < -0.39 is 0 Å². The predicted octanol–water partition coefficient (Wildman–Crippen LogP) is 0.771. The van der Waals surface area contributed by atoms with E-state index in [2.05, 4.69) is 15.4 Å². The zero-order valence-electron chi connectivity index (χ0n) is 6.08. The third-order valence-electron chi connectivity index (χ3n) is 1.38. The molecular weight excluding hydrogens is 182 g/mol. The fourth-order valence-electron chi connectivity index (χ4n) is 0.853. The van der Waals surface area contributed by atoms with Crippen molar-refractivity contribution in [1.29, 1.82) is 0 Å². The molecule has 1 aromatic heterocycles. The van der Waals surface area contributed by atoms with E-state index in [1.54, 1.807) is 0 Å². The number of hydrogen-bond donors (Lipinski definition) is 1. The molecule has 0 atom stereocenters. The Kier molecular flexibility index (Phi) is 1.87.